The van der Waals surface area contributed by atoms with E-state index in [4.69, 9.17) is 17.3 Å². The summed E-state index contributed by atoms with van der Waals surface area (Å²) in [6, 6.07) is 8.00. The molecule has 0 aromatic heterocycles. The van der Waals surface area contributed by atoms with Gasteiger partial charge in [0, 0.05) is 23.5 Å². The van der Waals surface area contributed by atoms with Crippen LogP contribution in [-0.2, 0) is 4.79 Å². The molecule has 3 nitrogen and oxygen atoms in total. The van der Waals surface area contributed by atoms with Crippen LogP contribution in [0, 0.1) is 5.92 Å². The molecule has 0 aliphatic carbocycles. The van der Waals surface area contributed by atoms with Crippen LogP contribution in [0.4, 0.5) is 0 Å². The molecule has 1 aliphatic rings. The van der Waals surface area contributed by atoms with Crippen LogP contribution >= 0.6 is 11.6 Å². The molecule has 116 valence electrons. The first-order chi connectivity index (χ1) is 9.97. The van der Waals surface area contributed by atoms with Crippen LogP contribution in [0.5, 0.6) is 0 Å². The fourth-order valence-corrected chi connectivity index (χ4v) is 2.98. The summed E-state index contributed by atoms with van der Waals surface area (Å²) in [4.78, 5) is 14.9. The van der Waals surface area contributed by atoms with Gasteiger partial charge in [-0.05, 0) is 43.6 Å². The lowest BCUT2D eigenvalue weighted by Crippen LogP contribution is -2.42. The predicted molar refractivity (Wildman–Crippen MR) is 87.7 cm³/mol. The Morgan fingerprint density at radius 1 is 1.29 bits per heavy atom. The lowest BCUT2D eigenvalue weighted by molar-refractivity contribution is -0.123. The van der Waals surface area contributed by atoms with Crippen LogP contribution in [0.25, 0.3) is 0 Å². The minimum Gasteiger partial charge on any atom is -0.328 e. The molecule has 0 radical (unpaired) electrons. The molecule has 1 fully saturated rings. The van der Waals surface area contributed by atoms with E-state index in [1.165, 1.54) is 0 Å². The highest BCUT2D eigenvalue weighted by atomic mass is 35.5. The molecule has 0 spiro atoms. The summed E-state index contributed by atoms with van der Waals surface area (Å²) >= 11 is 5.96. The molecule has 1 heterocycles. The van der Waals surface area contributed by atoms with Gasteiger partial charge in [0.15, 0.2) is 0 Å². The second-order valence-corrected chi connectivity index (χ2v) is 6.74. The minimum absolute atomic E-state index is 0.0396. The van der Waals surface area contributed by atoms with Gasteiger partial charge in [0.25, 0.3) is 0 Å². The summed E-state index contributed by atoms with van der Waals surface area (Å²) in [5.41, 5.74) is 7.02. The molecule has 2 N–H and O–H groups in total. The zero-order valence-electron chi connectivity index (χ0n) is 12.9. The number of halogens is 1. The summed E-state index contributed by atoms with van der Waals surface area (Å²) in [5, 5.41) is 0.707. The number of piperidine rings is 1. The first kappa shape index (κ1) is 16.5. The fourth-order valence-electron chi connectivity index (χ4n) is 2.85. The van der Waals surface area contributed by atoms with Gasteiger partial charge in [-0.25, -0.2) is 0 Å². The van der Waals surface area contributed by atoms with E-state index in [0.717, 1.165) is 38.0 Å². The average Bonchev–Trinajstić information content (AvgIpc) is 2.47. The Bertz CT molecular complexity index is 464. The zero-order valence-corrected chi connectivity index (χ0v) is 13.6. The molecule has 21 heavy (non-hydrogen) atoms. The largest absolute Gasteiger partial charge is 0.328 e. The van der Waals surface area contributed by atoms with E-state index in [0.29, 0.717) is 16.8 Å². The molecular formula is C17H25ClN2O. The van der Waals surface area contributed by atoms with Gasteiger partial charge in [-0.15, -0.1) is 0 Å². The number of carbonyl (C=O) groups excluding carboxylic acids is 1. The Morgan fingerprint density at radius 2 is 1.86 bits per heavy atom. The van der Waals surface area contributed by atoms with Crippen molar-refractivity contribution in [1.82, 2.24) is 4.90 Å². The number of benzene rings is 1. The normalized spacial score (nSPS) is 18.9. The van der Waals surface area contributed by atoms with Crippen molar-refractivity contribution in [3.8, 4) is 0 Å². The monoisotopic (exact) mass is 308 g/mol. The van der Waals surface area contributed by atoms with Crippen LogP contribution < -0.4 is 5.73 Å². The van der Waals surface area contributed by atoms with E-state index < -0.39 is 0 Å². The molecular weight excluding hydrogens is 284 g/mol. The number of hydrogen-bond acceptors (Lipinski definition) is 3. The van der Waals surface area contributed by atoms with Crippen LogP contribution in [0.3, 0.4) is 0 Å². The van der Waals surface area contributed by atoms with Gasteiger partial charge < -0.3 is 10.6 Å². The maximum atomic E-state index is 12.6. The van der Waals surface area contributed by atoms with E-state index in [-0.39, 0.29) is 11.8 Å². The Hall–Kier alpha value is -0.900. The van der Waals surface area contributed by atoms with Crippen LogP contribution in [0.15, 0.2) is 24.3 Å². The van der Waals surface area contributed by atoms with Crippen molar-refractivity contribution in [2.75, 3.05) is 19.6 Å². The summed E-state index contributed by atoms with van der Waals surface area (Å²) < 4.78 is 0. The molecule has 1 saturated heterocycles. The molecule has 1 aromatic carbocycles. The number of Topliss-reactive ketones (excluding diaryl/α,β-unsaturated/α-hetero) is 1. The quantitative estimate of drug-likeness (QED) is 0.909. The van der Waals surface area contributed by atoms with Gasteiger partial charge in [0.2, 0.25) is 0 Å². The average molecular weight is 309 g/mol. The maximum Gasteiger partial charge on any atom is 0.144 e. The number of nitrogens with two attached hydrogens (primary N) is 1. The van der Waals surface area contributed by atoms with Crippen LogP contribution in [-0.4, -0.2) is 36.4 Å². The molecule has 0 bridgehead atoms. The fraction of sp³-hybridized carbons (Fsp3) is 0.588. The second-order valence-electron chi connectivity index (χ2n) is 6.30. The highest BCUT2D eigenvalue weighted by Gasteiger charge is 2.27. The lowest BCUT2D eigenvalue weighted by atomic mass is 9.88. The first-order valence-electron chi connectivity index (χ1n) is 7.74. The predicted octanol–water partition coefficient (Wildman–Crippen LogP) is 3.07. The van der Waals surface area contributed by atoms with E-state index >= 15 is 0 Å². The Labute approximate surface area is 132 Å². The van der Waals surface area contributed by atoms with Gasteiger partial charge >= 0.3 is 0 Å². The molecule has 4 heteroatoms. The van der Waals surface area contributed by atoms with E-state index in [1.807, 2.05) is 38.1 Å². The summed E-state index contributed by atoms with van der Waals surface area (Å²) in [6.07, 6.45) is 2.03. The van der Waals surface area contributed by atoms with Crippen molar-refractivity contribution in [1.29, 1.82) is 0 Å². The highest BCUT2D eigenvalue weighted by Crippen LogP contribution is 2.25. The van der Waals surface area contributed by atoms with E-state index in [1.54, 1.807) is 0 Å². The summed E-state index contributed by atoms with van der Waals surface area (Å²) in [7, 11) is 0. The number of ketones is 1. The Morgan fingerprint density at radius 3 is 2.38 bits per heavy atom. The number of likely N-dealkylation sites (tertiary alicyclic amines) is 1. The third-order valence-electron chi connectivity index (χ3n) is 4.26. The van der Waals surface area contributed by atoms with Crippen molar-refractivity contribution >= 4 is 17.4 Å². The van der Waals surface area contributed by atoms with E-state index in [9.17, 15) is 4.79 Å². The van der Waals surface area contributed by atoms with Crippen molar-refractivity contribution in [2.24, 2.45) is 11.7 Å². The number of rotatable bonds is 5. The third-order valence-corrected chi connectivity index (χ3v) is 4.51. The smallest absolute Gasteiger partial charge is 0.144 e. The van der Waals surface area contributed by atoms with E-state index in [2.05, 4.69) is 4.90 Å². The van der Waals surface area contributed by atoms with Crippen molar-refractivity contribution in [2.45, 2.75) is 38.6 Å². The molecule has 1 unspecified atom stereocenters. The maximum absolute atomic E-state index is 12.6. The van der Waals surface area contributed by atoms with Crippen molar-refractivity contribution in [3.05, 3.63) is 34.9 Å². The molecule has 0 amide bonds. The van der Waals surface area contributed by atoms with Gasteiger partial charge in [-0.3, -0.25) is 4.79 Å². The Balaban J connectivity index is 2.12. The lowest BCUT2D eigenvalue weighted by Gasteiger charge is -2.33. The second kappa shape index (κ2) is 7.39. The van der Waals surface area contributed by atoms with Gasteiger partial charge in [0.1, 0.15) is 5.78 Å². The van der Waals surface area contributed by atoms with Crippen LogP contribution in [0.2, 0.25) is 5.02 Å². The number of nitrogens with zero attached hydrogens (tertiary/aromatic N) is 1. The zero-order chi connectivity index (χ0) is 15.4. The molecule has 1 aromatic rings. The number of carbonyl (C=O) groups is 1. The minimum atomic E-state index is -0.0726. The molecule has 0 saturated carbocycles. The Kier molecular flexibility index (Phi) is 5.80. The standard InChI is InChI=1S/C17H25ClN2O/c1-12(2)17(21)16(13-3-5-14(18)6-4-13)11-20-9-7-15(19)8-10-20/h3-6,12,15-16H,7-11,19H2,1-2H3. The summed E-state index contributed by atoms with van der Waals surface area (Å²) in [6.45, 7) is 6.69. The molecule has 2 rings (SSSR count). The molecule has 1 aliphatic heterocycles. The first-order valence-corrected chi connectivity index (χ1v) is 8.12. The summed E-state index contributed by atoms with van der Waals surface area (Å²) in [5.74, 6) is 0.265. The number of hydrogen-bond donors (Lipinski definition) is 1. The van der Waals surface area contributed by atoms with Crippen LogP contribution in [0.1, 0.15) is 38.2 Å². The van der Waals surface area contributed by atoms with Crippen molar-refractivity contribution in [3.63, 3.8) is 0 Å². The topological polar surface area (TPSA) is 46.3 Å². The molecule has 1 atom stereocenters. The highest BCUT2D eigenvalue weighted by molar-refractivity contribution is 6.30. The third kappa shape index (κ3) is 4.53. The SMILES string of the molecule is CC(C)C(=O)C(CN1CCC(N)CC1)c1ccc(Cl)cc1. The van der Waals surface area contributed by atoms with Crippen molar-refractivity contribution < 1.29 is 4.79 Å². The van der Waals surface area contributed by atoms with Gasteiger partial charge in [-0.1, -0.05) is 37.6 Å². The van der Waals surface area contributed by atoms with Gasteiger partial charge in [-0.2, -0.15) is 0 Å². The van der Waals surface area contributed by atoms with Gasteiger partial charge in [0.05, 0.1) is 5.92 Å².